The zero-order chi connectivity index (χ0) is 15.7. The first kappa shape index (κ1) is 15.5. The molecule has 7 heteroatoms. The summed E-state index contributed by atoms with van der Waals surface area (Å²) in [5, 5.41) is 0.113. The maximum Gasteiger partial charge on any atom is 0.263 e. The van der Waals surface area contributed by atoms with E-state index in [9.17, 15) is 8.42 Å². The van der Waals surface area contributed by atoms with Crippen molar-refractivity contribution >= 4 is 21.6 Å². The van der Waals surface area contributed by atoms with Crippen molar-refractivity contribution in [2.24, 2.45) is 7.05 Å². The first-order valence-corrected chi connectivity index (χ1v) is 9.04. The van der Waals surface area contributed by atoms with Crippen LogP contribution in [0.15, 0.2) is 41.7 Å². The lowest BCUT2D eigenvalue weighted by atomic mass is 10.1. The third kappa shape index (κ3) is 2.78. The van der Waals surface area contributed by atoms with E-state index >= 15 is 0 Å². The van der Waals surface area contributed by atoms with E-state index in [1.165, 1.54) is 10.9 Å². The molecule has 1 fully saturated rings. The highest BCUT2D eigenvalue weighted by Gasteiger charge is 2.37. The van der Waals surface area contributed by atoms with Crippen molar-refractivity contribution in [3.05, 3.63) is 47.4 Å². The largest absolute Gasteiger partial charge is 0.324 e. The van der Waals surface area contributed by atoms with E-state index in [0.29, 0.717) is 13.0 Å². The van der Waals surface area contributed by atoms with E-state index in [-0.39, 0.29) is 16.2 Å². The van der Waals surface area contributed by atoms with Crippen LogP contribution in [0.4, 0.5) is 0 Å². The topological polar surface area (TPSA) is 55.2 Å². The van der Waals surface area contributed by atoms with Gasteiger partial charge in [-0.2, -0.15) is 4.31 Å². The van der Waals surface area contributed by atoms with Crippen LogP contribution in [0.5, 0.6) is 0 Å². The molecule has 22 heavy (non-hydrogen) atoms. The summed E-state index contributed by atoms with van der Waals surface area (Å²) in [4.78, 5) is 3.97. The highest BCUT2D eigenvalue weighted by Crippen LogP contribution is 2.30. The summed E-state index contributed by atoms with van der Waals surface area (Å²) in [6.45, 7) is 0.521. The summed E-state index contributed by atoms with van der Waals surface area (Å²) in [6, 6.07) is 9.91. The van der Waals surface area contributed by atoms with Crippen molar-refractivity contribution < 1.29 is 8.42 Å². The number of nitrogens with zero attached hydrogens (tertiary/aromatic N) is 3. The van der Waals surface area contributed by atoms with Gasteiger partial charge in [0, 0.05) is 19.6 Å². The minimum atomic E-state index is -3.65. The number of hydrogen-bond acceptors (Lipinski definition) is 3. The quantitative estimate of drug-likeness (QED) is 0.859. The molecular weight excluding hydrogens is 322 g/mol. The predicted octanol–water partition coefficient (Wildman–Crippen LogP) is 2.47. The van der Waals surface area contributed by atoms with Crippen LogP contribution in [0, 0.1) is 0 Å². The third-order valence-corrected chi connectivity index (χ3v) is 6.47. The average Bonchev–Trinajstić information content (AvgIpc) is 3.09. The van der Waals surface area contributed by atoms with Crippen molar-refractivity contribution in [2.75, 3.05) is 6.54 Å². The molecule has 118 valence electrons. The van der Waals surface area contributed by atoms with E-state index in [2.05, 4.69) is 4.98 Å². The van der Waals surface area contributed by atoms with Crippen LogP contribution in [0.1, 0.15) is 18.4 Å². The Morgan fingerprint density at radius 2 is 2.05 bits per heavy atom. The summed E-state index contributed by atoms with van der Waals surface area (Å²) in [6.07, 6.45) is 3.86. The fourth-order valence-electron chi connectivity index (χ4n) is 2.89. The molecule has 0 N–H and O–H groups in total. The van der Waals surface area contributed by atoms with Crippen LogP contribution in [-0.2, 0) is 23.5 Å². The standard InChI is InChI=1S/C15H18ClN3O2S/c1-18-11-17-15(14(18)16)22(20,21)19-9-5-8-13(19)10-12-6-3-2-4-7-12/h2-4,6-7,11,13H,5,8-10H2,1H3. The van der Waals surface area contributed by atoms with Crippen LogP contribution >= 0.6 is 11.6 Å². The molecule has 2 aromatic rings. The van der Waals surface area contributed by atoms with Gasteiger partial charge < -0.3 is 4.57 Å². The number of sulfonamides is 1. The van der Waals surface area contributed by atoms with E-state index in [4.69, 9.17) is 11.6 Å². The van der Waals surface area contributed by atoms with E-state index in [0.717, 1.165) is 18.4 Å². The van der Waals surface area contributed by atoms with Crippen molar-refractivity contribution in [1.29, 1.82) is 0 Å². The third-order valence-electron chi connectivity index (χ3n) is 4.02. The lowest BCUT2D eigenvalue weighted by Gasteiger charge is -2.23. The molecule has 1 aliphatic rings. The fraction of sp³-hybridized carbons (Fsp3) is 0.400. The highest BCUT2D eigenvalue weighted by atomic mass is 35.5. The Bertz CT molecular complexity index is 758. The summed E-state index contributed by atoms with van der Waals surface area (Å²) >= 11 is 6.07. The summed E-state index contributed by atoms with van der Waals surface area (Å²) in [5.74, 6) is 0. The Morgan fingerprint density at radius 3 is 2.68 bits per heavy atom. The fourth-order valence-corrected chi connectivity index (χ4v) is 4.98. The normalized spacial score (nSPS) is 19.6. The van der Waals surface area contributed by atoms with Crippen LogP contribution in [0.2, 0.25) is 5.15 Å². The van der Waals surface area contributed by atoms with Gasteiger partial charge in [0.1, 0.15) is 5.15 Å². The second-order valence-corrected chi connectivity index (χ2v) is 7.72. The lowest BCUT2D eigenvalue weighted by molar-refractivity contribution is 0.384. The van der Waals surface area contributed by atoms with Gasteiger partial charge >= 0.3 is 0 Å². The number of halogens is 1. The van der Waals surface area contributed by atoms with Gasteiger partial charge in [-0.05, 0) is 24.8 Å². The predicted molar refractivity (Wildman–Crippen MR) is 85.3 cm³/mol. The zero-order valence-corrected chi connectivity index (χ0v) is 13.9. The molecule has 0 aliphatic carbocycles. The lowest BCUT2D eigenvalue weighted by Crippen LogP contribution is -2.37. The van der Waals surface area contributed by atoms with Crippen molar-refractivity contribution in [1.82, 2.24) is 13.9 Å². The molecule has 0 spiro atoms. The number of aromatic nitrogens is 2. The summed E-state index contributed by atoms with van der Waals surface area (Å²) < 4.78 is 28.7. The Hall–Kier alpha value is -1.37. The molecule has 1 saturated heterocycles. The highest BCUT2D eigenvalue weighted by molar-refractivity contribution is 7.89. The average molecular weight is 340 g/mol. The molecule has 2 heterocycles. The molecule has 3 rings (SSSR count). The van der Waals surface area contributed by atoms with Gasteiger partial charge in [0.25, 0.3) is 10.0 Å². The summed E-state index contributed by atoms with van der Waals surface area (Å²) in [5.41, 5.74) is 1.14. The van der Waals surface area contributed by atoms with Crippen molar-refractivity contribution in [3.8, 4) is 0 Å². The van der Waals surface area contributed by atoms with Gasteiger partial charge in [0.05, 0.1) is 6.33 Å². The maximum atomic E-state index is 12.8. The van der Waals surface area contributed by atoms with Gasteiger partial charge in [0.15, 0.2) is 0 Å². The molecule has 1 atom stereocenters. The van der Waals surface area contributed by atoms with Crippen LogP contribution < -0.4 is 0 Å². The SMILES string of the molecule is Cn1cnc(S(=O)(=O)N2CCCC2Cc2ccccc2)c1Cl. The summed E-state index contributed by atoms with van der Waals surface area (Å²) in [7, 11) is -1.97. The number of rotatable bonds is 4. The van der Waals surface area contributed by atoms with E-state index in [1.807, 2.05) is 30.3 Å². The maximum absolute atomic E-state index is 12.8. The van der Waals surface area contributed by atoms with Crippen LogP contribution in [0.3, 0.4) is 0 Å². The van der Waals surface area contributed by atoms with E-state index < -0.39 is 10.0 Å². The molecule has 0 radical (unpaired) electrons. The molecule has 1 aromatic heterocycles. The number of imidazole rings is 1. The molecule has 0 bridgehead atoms. The van der Waals surface area contributed by atoms with Crippen molar-refractivity contribution in [2.45, 2.75) is 30.3 Å². The Morgan fingerprint density at radius 1 is 1.32 bits per heavy atom. The second-order valence-electron chi connectivity index (χ2n) is 5.55. The minimum Gasteiger partial charge on any atom is -0.324 e. The Labute approximate surface area is 135 Å². The van der Waals surface area contributed by atoms with Gasteiger partial charge in [0.2, 0.25) is 5.03 Å². The number of aryl methyl sites for hydroxylation is 1. The Balaban J connectivity index is 1.88. The molecular formula is C15H18ClN3O2S. The van der Waals surface area contributed by atoms with Gasteiger partial charge in [-0.15, -0.1) is 0 Å². The molecule has 5 nitrogen and oxygen atoms in total. The monoisotopic (exact) mass is 339 g/mol. The smallest absolute Gasteiger partial charge is 0.263 e. The minimum absolute atomic E-state index is 0.0366. The van der Waals surface area contributed by atoms with Crippen LogP contribution in [0.25, 0.3) is 0 Å². The first-order chi connectivity index (χ1) is 10.5. The molecule has 1 unspecified atom stereocenters. The van der Waals surface area contributed by atoms with Gasteiger partial charge in [-0.3, -0.25) is 0 Å². The number of hydrogen-bond donors (Lipinski definition) is 0. The van der Waals surface area contributed by atoms with Crippen molar-refractivity contribution in [3.63, 3.8) is 0 Å². The van der Waals surface area contributed by atoms with Crippen LogP contribution in [-0.4, -0.2) is 34.9 Å². The molecule has 0 amide bonds. The van der Waals surface area contributed by atoms with E-state index in [1.54, 1.807) is 11.4 Å². The number of benzene rings is 1. The van der Waals surface area contributed by atoms with Gasteiger partial charge in [-0.25, -0.2) is 13.4 Å². The van der Waals surface area contributed by atoms with Gasteiger partial charge in [-0.1, -0.05) is 41.9 Å². The molecule has 1 aliphatic heterocycles. The Kier molecular flexibility index (Phi) is 4.25. The molecule has 0 saturated carbocycles. The molecule has 1 aromatic carbocycles. The second kappa shape index (κ2) is 6.02. The first-order valence-electron chi connectivity index (χ1n) is 7.22. The zero-order valence-electron chi connectivity index (χ0n) is 12.3.